The van der Waals surface area contributed by atoms with Crippen molar-refractivity contribution in [1.29, 1.82) is 0 Å². The van der Waals surface area contributed by atoms with Crippen molar-refractivity contribution >= 4 is 11.0 Å². The summed E-state index contributed by atoms with van der Waals surface area (Å²) in [6, 6.07) is 17.4. The topological polar surface area (TPSA) is 55.0 Å². The van der Waals surface area contributed by atoms with E-state index in [0.717, 1.165) is 33.4 Å². The monoisotopic (exact) mass is 295 g/mol. The first-order valence-electron chi connectivity index (χ1n) is 7.10. The summed E-state index contributed by atoms with van der Waals surface area (Å²) in [7, 11) is 1.63. The van der Waals surface area contributed by atoms with E-state index in [-0.39, 0.29) is 6.61 Å². The van der Waals surface area contributed by atoms with Crippen molar-refractivity contribution in [3.8, 4) is 17.1 Å². The van der Waals surface area contributed by atoms with Crippen molar-refractivity contribution in [2.45, 2.75) is 0 Å². The highest BCUT2D eigenvalue weighted by Crippen LogP contribution is 2.24. The minimum atomic E-state index is 0.0121. The first-order chi connectivity index (χ1) is 10.8. The van der Waals surface area contributed by atoms with Crippen LogP contribution in [0.3, 0.4) is 0 Å². The Hall–Kier alpha value is -2.59. The highest BCUT2D eigenvalue weighted by Gasteiger charge is 2.06. The third kappa shape index (κ3) is 2.87. The van der Waals surface area contributed by atoms with Crippen LogP contribution in [0.2, 0.25) is 0 Å². The molecule has 22 heavy (non-hydrogen) atoms. The van der Waals surface area contributed by atoms with Crippen LogP contribution in [0, 0.1) is 0 Å². The van der Waals surface area contributed by atoms with E-state index in [2.05, 4.69) is 4.99 Å². The number of aliphatic hydroxyl groups excluding tert-OH is 1. The molecule has 3 rings (SSSR count). The zero-order valence-electron chi connectivity index (χ0n) is 12.3. The van der Waals surface area contributed by atoms with Gasteiger partial charge in [-0.05, 0) is 18.2 Å². The molecule has 0 unspecified atom stereocenters. The Balaban J connectivity index is 2.25. The van der Waals surface area contributed by atoms with Gasteiger partial charge in [0, 0.05) is 17.0 Å². The highest BCUT2D eigenvalue weighted by atomic mass is 16.5. The Morgan fingerprint density at radius 3 is 2.64 bits per heavy atom. The van der Waals surface area contributed by atoms with Gasteiger partial charge in [0.05, 0.1) is 25.6 Å². The number of hydrogen-bond acceptors (Lipinski definition) is 4. The summed E-state index contributed by atoms with van der Waals surface area (Å²) >= 11 is 0. The first kappa shape index (κ1) is 14.4. The summed E-state index contributed by atoms with van der Waals surface area (Å²) < 4.78 is 11.3. The van der Waals surface area contributed by atoms with Crippen molar-refractivity contribution in [2.24, 2.45) is 4.99 Å². The predicted molar refractivity (Wildman–Crippen MR) is 85.7 cm³/mol. The molecule has 0 fully saturated rings. The molecule has 2 aromatic carbocycles. The lowest BCUT2D eigenvalue weighted by Crippen LogP contribution is -2.06. The minimum absolute atomic E-state index is 0.0121. The molecule has 0 aliphatic heterocycles. The van der Waals surface area contributed by atoms with Crippen molar-refractivity contribution in [2.75, 3.05) is 20.3 Å². The third-order valence-electron chi connectivity index (χ3n) is 3.39. The van der Waals surface area contributed by atoms with Crippen molar-refractivity contribution in [3.05, 3.63) is 60.0 Å². The highest BCUT2D eigenvalue weighted by molar-refractivity contribution is 5.80. The van der Waals surface area contributed by atoms with Gasteiger partial charge in [-0.2, -0.15) is 0 Å². The van der Waals surface area contributed by atoms with Crippen LogP contribution in [0.5, 0.6) is 5.75 Å². The number of aliphatic hydroxyl groups is 1. The summed E-state index contributed by atoms with van der Waals surface area (Å²) in [5.41, 5.74) is 1.72. The molecule has 1 heterocycles. The molecule has 0 amide bonds. The molecular weight excluding hydrogens is 278 g/mol. The van der Waals surface area contributed by atoms with Gasteiger partial charge in [-0.25, -0.2) is 0 Å². The average molecular weight is 295 g/mol. The van der Waals surface area contributed by atoms with Crippen LogP contribution >= 0.6 is 0 Å². The van der Waals surface area contributed by atoms with Gasteiger partial charge in [-0.3, -0.25) is 4.99 Å². The largest absolute Gasteiger partial charge is 0.497 e. The third-order valence-corrected chi connectivity index (χ3v) is 3.39. The second-order valence-corrected chi connectivity index (χ2v) is 4.83. The van der Waals surface area contributed by atoms with Crippen LogP contribution in [0.15, 0.2) is 64.0 Å². The molecular formula is C18H17NO3. The number of fused-ring (bicyclic) bond motifs is 1. The number of benzene rings is 2. The number of hydrogen-bond donors (Lipinski definition) is 1. The van der Waals surface area contributed by atoms with Crippen LogP contribution in [0.25, 0.3) is 22.3 Å². The molecule has 0 bridgehead atoms. The lowest BCUT2D eigenvalue weighted by atomic mass is 10.1. The fraction of sp³-hybridized carbons (Fsp3) is 0.167. The van der Waals surface area contributed by atoms with Crippen LogP contribution in [0.1, 0.15) is 0 Å². The van der Waals surface area contributed by atoms with Gasteiger partial charge in [0.1, 0.15) is 17.1 Å². The van der Waals surface area contributed by atoms with Gasteiger partial charge in [0.25, 0.3) is 0 Å². The average Bonchev–Trinajstić information content (AvgIpc) is 2.59. The van der Waals surface area contributed by atoms with Gasteiger partial charge >= 0.3 is 0 Å². The molecule has 112 valence electrons. The lowest BCUT2D eigenvalue weighted by Gasteiger charge is -2.06. The first-order valence-corrected chi connectivity index (χ1v) is 7.10. The van der Waals surface area contributed by atoms with Crippen molar-refractivity contribution in [3.63, 3.8) is 0 Å². The Kier molecular flexibility index (Phi) is 4.21. The fourth-order valence-electron chi connectivity index (χ4n) is 2.32. The second-order valence-electron chi connectivity index (χ2n) is 4.83. The van der Waals surface area contributed by atoms with Crippen LogP contribution < -0.4 is 10.1 Å². The Morgan fingerprint density at radius 2 is 1.91 bits per heavy atom. The summed E-state index contributed by atoms with van der Waals surface area (Å²) in [6.07, 6.45) is 0. The minimum Gasteiger partial charge on any atom is -0.497 e. The molecule has 1 N–H and O–H groups in total. The number of methoxy groups -OCH3 is 1. The quantitative estimate of drug-likeness (QED) is 0.805. The van der Waals surface area contributed by atoms with Gasteiger partial charge in [0.2, 0.25) is 0 Å². The molecule has 0 spiro atoms. The molecule has 4 nitrogen and oxygen atoms in total. The molecule has 4 heteroatoms. The molecule has 0 radical (unpaired) electrons. The van der Waals surface area contributed by atoms with E-state index in [1.807, 2.05) is 54.6 Å². The summed E-state index contributed by atoms with van der Waals surface area (Å²) in [4.78, 5) is 4.45. The van der Waals surface area contributed by atoms with E-state index in [1.165, 1.54) is 0 Å². The van der Waals surface area contributed by atoms with E-state index >= 15 is 0 Å². The standard InChI is InChI=1S/C18H17NO3/c1-21-14-7-8-17-15(11-14)16(19-9-10-20)12-18(22-17)13-5-3-2-4-6-13/h2-8,11-12,20H,9-10H2,1H3. The Bertz CT molecular complexity index is 838. The molecule has 0 atom stereocenters. The maximum absolute atomic E-state index is 9.04. The van der Waals surface area contributed by atoms with E-state index in [0.29, 0.717) is 6.54 Å². The molecule has 0 aliphatic rings. The summed E-state index contributed by atoms with van der Waals surface area (Å²) in [6.45, 7) is 0.364. The lowest BCUT2D eigenvalue weighted by molar-refractivity contribution is 0.306. The maximum Gasteiger partial charge on any atom is 0.137 e. The maximum atomic E-state index is 9.04. The van der Waals surface area contributed by atoms with Crippen LogP contribution in [-0.4, -0.2) is 25.4 Å². The molecule has 1 aromatic heterocycles. The van der Waals surface area contributed by atoms with E-state index in [1.54, 1.807) is 7.11 Å². The van der Waals surface area contributed by atoms with E-state index in [9.17, 15) is 0 Å². The van der Waals surface area contributed by atoms with Gasteiger partial charge in [-0.1, -0.05) is 30.3 Å². The zero-order valence-corrected chi connectivity index (χ0v) is 12.3. The summed E-state index contributed by atoms with van der Waals surface area (Å²) in [5.74, 6) is 1.49. The molecule has 0 aliphatic carbocycles. The Morgan fingerprint density at radius 1 is 1.09 bits per heavy atom. The second kappa shape index (κ2) is 6.45. The molecule has 0 saturated carbocycles. The molecule has 3 aromatic rings. The molecule has 0 saturated heterocycles. The number of ether oxygens (including phenoxy) is 1. The SMILES string of the molecule is COc1ccc2oc(-c3ccccc3)cc(=NCCO)c2c1. The van der Waals surface area contributed by atoms with Crippen LogP contribution in [-0.2, 0) is 0 Å². The fourth-order valence-corrected chi connectivity index (χ4v) is 2.32. The van der Waals surface area contributed by atoms with Gasteiger partial charge in [0.15, 0.2) is 0 Å². The van der Waals surface area contributed by atoms with E-state index in [4.69, 9.17) is 14.3 Å². The number of nitrogens with zero attached hydrogens (tertiary/aromatic N) is 1. The number of rotatable bonds is 4. The normalized spacial score (nSPS) is 11.8. The Labute approximate surface area is 128 Å². The smallest absolute Gasteiger partial charge is 0.137 e. The predicted octanol–water partition coefficient (Wildman–Crippen LogP) is 3.00. The zero-order chi connectivity index (χ0) is 15.4. The van der Waals surface area contributed by atoms with Gasteiger partial charge < -0.3 is 14.3 Å². The van der Waals surface area contributed by atoms with Crippen LogP contribution in [0.4, 0.5) is 0 Å². The van der Waals surface area contributed by atoms with Crippen molar-refractivity contribution in [1.82, 2.24) is 0 Å². The van der Waals surface area contributed by atoms with E-state index < -0.39 is 0 Å². The summed E-state index contributed by atoms with van der Waals surface area (Å²) in [5, 5.41) is 10.7. The van der Waals surface area contributed by atoms with Crippen molar-refractivity contribution < 1.29 is 14.3 Å². The van der Waals surface area contributed by atoms with Gasteiger partial charge in [-0.15, -0.1) is 0 Å².